The van der Waals surface area contributed by atoms with E-state index in [4.69, 9.17) is 11.6 Å². The molecule has 0 radical (unpaired) electrons. The smallest absolute Gasteiger partial charge is 0.261 e. The summed E-state index contributed by atoms with van der Waals surface area (Å²) in [6.45, 7) is 0. The maximum atomic E-state index is 13.7. The van der Waals surface area contributed by atoms with E-state index in [1.165, 1.54) is 12.4 Å². The molecule has 0 aliphatic rings. The standard InChI is InChI=1S/C10H6ClFN4O4S/c11-9-10(14-4-3-13-9)15-21(19,20)8-2-1-6(16(17)18)5-7(8)12/h1-5H,(H,14,15). The van der Waals surface area contributed by atoms with Gasteiger partial charge in [-0.15, -0.1) is 0 Å². The summed E-state index contributed by atoms with van der Waals surface area (Å²) in [5.41, 5.74) is -0.566. The van der Waals surface area contributed by atoms with Crippen molar-refractivity contribution in [1.29, 1.82) is 0 Å². The molecule has 11 heteroatoms. The third kappa shape index (κ3) is 3.23. The number of halogens is 2. The Labute approximate surface area is 122 Å². The molecule has 1 aromatic carbocycles. The Bertz CT molecular complexity index is 814. The van der Waals surface area contributed by atoms with Crippen molar-refractivity contribution < 1.29 is 17.7 Å². The fourth-order valence-electron chi connectivity index (χ4n) is 1.39. The highest BCUT2D eigenvalue weighted by Crippen LogP contribution is 2.24. The normalized spacial score (nSPS) is 11.1. The highest BCUT2D eigenvalue weighted by atomic mass is 35.5. The first-order valence-electron chi connectivity index (χ1n) is 5.24. The average Bonchev–Trinajstić information content (AvgIpc) is 2.40. The number of nitrogens with one attached hydrogen (secondary N) is 1. The van der Waals surface area contributed by atoms with Crippen LogP contribution in [0.15, 0.2) is 35.5 Å². The van der Waals surface area contributed by atoms with Gasteiger partial charge >= 0.3 is 0 Å². The van der Waals surface area contributed by atoms with E-state index in [2.05, 4.69) is 9.97 Å². The number of aromatic nitrogens is 2. The van der Waals surface area contributed by atoms with Crippen molar-refractivity contribution in [1.82, 2.24) is 9.97 Å². The molecule has 0 saturated heterocycles. The van der Waals surface area contributed by atoms with Crippen molar-refractivity contribution >= 4 is 33.1 Å². The zero-order valence-electron chi connectivity index (χ0n) is 10.0. The summed E-state index contributed by atoms with van der Waals surface area (Å²) in [4.78, 5) is 16.1. The van der Waals surface area contributed by atoms with Crippen LogP contribution in [0.1, 0.15) is 0 Å². The van der Waals surface area contributed by atoms with Crippen LogP contribution < -0.4 is 4.72 Å². The fraction of sp³-hybridized carbons (Fsp3) is 0. The highest BCUT2D eigenvalue weighted by Gasteiger charge is 2.23. The highest BCUT2D eigenvalue weighted by molar-refractivity contribution is 7.92. The summed E-state index contributed by atoms with van der Waals surface area (Å²) in [7, 11) is -4.34. The Balaban J connectivity index is 2.41. The zero-order chi connectivity index (χ0) is 15.6. The summed E-state index contributed by atoms with van der Waals surface area (Å²) in [6.07, 6.45) is 2.43. The number of anilines is 1. The summed E-state index contributed by atoms with van der Waals surface area (Å²) >= 11 is 5.64. The van der Waals surface area contributed by atoms with E-state index in [1.54, 1.807) is 0 Å². The van der Waals surface area contributed by atoms with Gasteiger partial charge in [0.15, 0.2) is 16.8 Å². The zero-order valence-corrected chi connectivity index (χ0v) is 11.6. The minimum absolute atomic E-state index is 0.219. The van der Waals surface area contributed by atoms with Gasteiger partial charge in [0.25, 0.3) is 15.7 Å². The number of benzene rings is 1. The molecule has 0 bridgehead atoms. The number of rotatable bonds is 4. The Morgan fingerprint density at radius 2 is 1.95 bits per heavy atom. The van der Waals surface area contributed by atoms with Crippen LogP contribution in [-0.4, -0.2) is 23.3 Å². The van der Waals surface area contributed by atoms with E-state index in [0.717, 1.165) is 12.1 Å². The minimum atomic E-state index is -4.34. The Hall–Kier alpha value is -2.33. The first-order chi connectivity index (χ1) is 9.81. The van der Waals surface area contributed by atoms with Gasteiger partial charge < -0.3 is 0 Å². The molecule has 0 amide bonds. The molecular formula is C10H6ClFN4O4S. The molecule has 110 valence electrons. The monoisotopic (exact) mass is 332 g/mol. The lowest BCUT2D eigenvalue weighted by molar-refractivity contribution is -0.385. The number of hydrogen-bond acceptors (Lipinski definition) is 6. The van der Waals surface area contributed by atoms with E-state index in [9.17, 15) is 22.9 Å². The lowest BCUT2D eigenvalue weighted by Gasteiger charge is -2.08. The Morgan fingerprint density at radius 3 is 2.52 bits per heavy atom. The van der Waals surface area contributed by atoms with Crippen molar-refractivity contribution in [3.05, 3.63) is 51.7 Å². The molecule has 1 aromatic heterocycles. The second-order valence-corrected chi connectivity index (χ2v) is 5.68. The Kier molecular flexibility index (Phi) is 4.00. The lowest BCUT2D eigenvalue weighted by atomic mass is 10.3. The van der Waals surface area contributed by atoms with Crippen molar-refractivity contribution in [2.24, 2.45) is 0 Å². The van der Waals surface area contributed by atoms with Crippen LogP contribution in [0.4, 0.5) is 15.9 Å². The molecule has 1 heterocycles. The fourth-order valence-corrected chi connectivity index (χ4v) is 2.68. The summed E-state index contributed by atoms with van der Waals surface area (Å²) < 4.78 is 39.7. The topological polar surface area (TPSA) is 115 Å². The largest absolute Gasteiger partial charge is 0.272 e. The van der Waals surface area contributed by atoms with Crippen LogP contribution in [0.5, 0.6) is 0 Å². The molecular weight excluding hydrogens is 327 g/mol. The first-order valence-corrected chi connectivity index (χ1v) is 7.10. The summed E-state index contributed by atoms with van der Waals surface area (Å²) in [5, 5.41) is 10.3. The van der Waals surface area contributed by atoms with Crippen LogP contribution in [0.25, 0.3) is 0 Å². The van der Waals surface area contributed by atoms with Gasteiger partial charge in [0.1, 0.15) is 4.90 Å². The molecule has 0 unspecified atom stereocenters. The second-order valence-electron chi connectivity index (χ2n) is 3.67. The van der Waals surface area contributed by atoms with E-state index in [0.29, 0.717) is 6.07 Å². The summed E-state index contributed by atoms with van der Waals surface area (Å²) in [6, 6.07) is 2.16. The van der Waals surface area contributed by atoms with Gasteiger partial charge in [-0.2, -0.15) is 0 Å². The van der Waals surface area contributed by atoms with Crippen LogP contribution in [0.2, 0.25) is 5.15 Å². The van der Waals surface area contributed by atoms with Gasteiger partial charge in [0, 0.05) is 18.5 Å². The van der Waals surface area contributed by atoms with E-state index >= 15 is 0 Å². The molecule has 0 aliphatic carbocycles. The molecule has 0 saturated carbocycles. The van der Waals surface area contributed by atoms with E-state index in [-0.39, 0.29) is 11.0 Å². The number of nitro groups is 1. The van der Waals surface area contributed by atoms with Gasteiger partial charge in [0.2, 0.25) is 0 Å². The molecule has 0 fully saturated rings. The predicted molar refractivity (Wildman–Crippen MR) is 70.9 cm³/mol. The number of non-ortho nitro benzene ring substituents is 1. The van der Waals surface area contributed by atoms with Gasteiger partial charge in [-0.05, 0) is 6.07 Å². The van der Waals surface area contributed by atoms with Crippen LogP contribution >= 0.6 is 11.6 Å². The van der Waals surface area contributed by atoms with Crippen molar-refractivity contribution in [3.8, 4) is 0 Å². The molecule has 0 spiro atoms. The molecule has 1 N–H and O–H groups in total. The molecule has 21 heavy (non-hydrogen) atoms. The van der Waals surface area contributed by atoms with E-state index in [1.807, 2.05) is 4.72 Å². The maximum absolute atomic E-state index is 13.7. The van der Waals surface area contributed by atoms with Crippen LogP contribution in [0.3, 0.4) is 0 Å². The Morgan fingerprint density at radius 1 is 1.29 bits per heavy atom. The predicted octanol–water partition coefficient (Wildman–Crippen LogP) is 1.98. The average molecular weight is 333 g/mol. The first kappa shape index (κ1) is 15.1. The second kappa shape index (κ2) is 5.58. The lowest BCUT2D eigenvalue weighted by Crippen LogP contribution is -2.16. The number of hydrogen-bond donors (Lipinski definition) is 1. The van der Waals surface area contributed by atoms with Gasteiger partial charge in [-0.1, -0.05) is 11.6 Å². The minimum Gasteiger partial charge on any atom is -0.261 e. The van der Waals surface area contributed by atoms with Gasteiger partial charge in [-0.3, -0.25) is 14.8 Å². The van der Waals surface area contributed by atoms with Crippen molar-refractivity contribution in [2.45, 2.75) is 4.90 Å². The van der Waals surface area contributed by atoms with Gasteiger partial charge in [0.05, 0.1) is 11.0 Å². The van der Waals surface area contributed by atoms with Crippen LogP contribution in [0, 0.1) is 15.9 Å². The number of sulfonamides is 1. The third-order valence-electron chi connectivity index (χ3n) is 2.30. The molecule has 8 nitrogen and oxygen atoms in total. The molecule has 0 aliphatic heterocycles. The summed E-state index contributed by atoms with van der Waals surface area (Å²) in [5.74, 6) is -1.55. The van der Waals surface area contributed by atoms with Crippen molar-refractivity contribution in [3.63, 3.8) is 0 Å². The van der Waals surface area contributed by atoms with Crippen molar-refractivity contribution in [2.75, 3.05) is 4.72 Å². The quantitative estimate of drug-likeness (QED) is 0.676. The molecule has 2 rings (SSSR count). The van der Waals surface area contributed by atoms with Crippen LogP contribution in [-0.2, 0) is 10.0 Å². The third-order valence-corrected chi connectivity index (χ3v) is 3.95. The van der Waals surface area contributed by atoms with E-state index < -0.39 is 31.3 Å². The number of nitro benzene ring substituents is 1. The van der Waals surface area contributed by atoms with Gasteiger partial charge in [-0.25, -0.2) is 22.8 Å². The SMILES string of the molecule is O=[N+]([O-])c1ccc(S(=O)(=O)Nc2nccnc2Cl)c(F)c1. The maximum Gasteiger partial charge on any atom is 0.272 e. The molecule has 2 aromatic rings. The molecule has 0 atom stereocenters. The number of nitrogens with zero attached hydrogens (tertiary/aromatic N) is 3.